The Hall–Kier alpha value is -2.62. The average molecular weight is 558 g/mol. The van der Waals surface area contributed by atoms with Gasteiger partial charge in [0.05, 0.1) is 12.2 Å². The molecule has 4 aliphatic carbocycles. The third-order valence-electron chi connectivity index (χ3n) is 10.6. The number of halogens is 2. The molecule has 2 unspecified atom stereocenters. The van der Waals surface area contributed by atoms with Crippen molar-refractivity contribution >= 4 is 17.3 Å². The van der Waals surface area contributed by atoms with Gasteiger partial charge >= 0.3 is 0 Å². The second-order valence-corrected chi connectivity index (χ2v) is 12.6. The number of anilines is 1. The molecular formula is C31H37F2NO6. The Bertz CT molecular complexity index is 1280. The molecule has 0 amide bonds. The summed E-state index contributed by atoms with van der Waals surface area (Å²) in [5, 5.41) is 11.7. The number of aliphatic hydroxyl groups is 1. The number of carbonyl (C=O) groups excluding carboxylic acids is 2. The number of hydrogen-bond donors (Lipinski definition) is 2. The molecule has 7 nitrogen and oxygen atoms in total. The molecule has 216 valence electrons. The highest BCUT2D eigenvalue weighted by Gasteiger charge is 2.80. The van der Waals surface area contributed by atoms with Crippen molar-refractivity contribution in [2.45, 2.75) is 88.8 Å². The summed E-state index contributed by atoms with van der Waals surface area (Å²) >= 11 is 0. The van der Waals surface area contributed by atoms with Crippen LogP contribution in [0.1, 0.15) is 52.9 Å². The highest BCUT2D eigenvalue weighted by molar-refractivity contribution is 6.01. The summed E-state index contributed by atoms with van der Waals surface area (Å²) in [4.78, 5) is 26.3. The number of carbonyl (C=O) groups is 2. The van der Waals surface area contributed by atoms with Crippen LogP contribution in [-0.4, -0.2) is 59.2 Å². The number of rotatable bonds is 6. The Balaban J connectivity index is 1.39. The first kappa shape index (κ1) is 27.5. The van der Waals surface area contributed by atoms with Gasteiger partial charge in [-0.15, -0.1) is 0 Å². The predicted molar refractivity (Wildman–Crippen MR) is 143 cm³/mol. The first-order valence-corrected chi connectivity index (χ1v) is 14.2. The van der Waals surface area contributed by atoms with E-state index in [0.29, 0.717) is 17.9 Å². The fourth-order valence-corrected chi connectivity index (χ4v) is 8.71. The molecule has 6 rings (SSSR count). The number of hydrogen-bond acceptors (Lipinski definition) is 7. The Morgan fingerprint density at radius 2 is 1.93 bits per heavy atom. The molecule has 9 heteroatoms. The van der Waals surface area contributed by atoms with Crippen molar-refractivity contribution in [1.82, 2.24) is 0 Å². The number of ketones is 2. The molecule has 5 aliphatic rings. The van der Waals surface area contributed by atoms with Gasteiger partial charge < -0.3 is 25.1 Å². The molecule has 3 saturated carbocycles. The lowest BCUT2D eigenvalue weighted by molar-refractivity contribution is -0.234. The van der Waals surface area contributed by atoms with Crippen LogP contribution in [-0.2, 0) is 19.1 Å². The first-order valence-electron chi connectivity index (χ1n) is 14.2. The Morgan fingerprint density at radius 1 is 1.20 bits per heavy atom. The summed E-state index contributed by atoms with van der Waals surface area (Å²) in [7, 11) is 0. The molecule has 1 heterocycles. The van der Waals surface area contributed by atoms with Gasteiger partial charge in [-0.3, -0.25) is 9.59 Å². The number of alkyl halides is 2. The summed E-state index contributed by atoms with van der Waals surface area (Å²) < 4.78 is 52.0. The fourth-order valence-electron chi connectivity index (χ4n) is 8.71. The molecule has 0 bridgehead atoms. The van der Waals surface area contributed by atoms with Crippen LogP contribution < -0.4 is 10.5 Å². The van der Waals surface area contributed by atoms with E-state index in [9.17, 15) is 14.7 Å². The molecule has 40 heavy (non-hydrogen) atoms. The number of nitrogens with two attached hydrogens (primary N) is 1. The lowest BCUT2D eigenvalue weighted by Crippen LogP contribution is -2.71. The highest BCUT2D eigenvalue weighted by Crippen LogP contribution is 2.72. The minimum atomic E-state index is -2.24. The average Bonchev–Trinajstić information content (AvgIpc) is 3.39. The molecule has 10 atom stereocenters. The van der Waals surface area contributed by atoms with Crippen LogP contribution in [0.25, 0.3) is 0 Å². The zero-order valence-electron chi connectivity index (χ0n) is 23.1. The van der Waals surface area contributed by atoms with Crippen molar-refractivity contribution in [3.8, 4) is 5.75 Å². The predicted octanol–water partition coefficient (Wildman–Crippen LogP) is 4.43. The number of ether oxygens (including phenoxy) is 3. The van der Waals surface area contributed by atoms with E-state index in [1.807, 2.05) is 13.8 Å². The molecule has 0 aromatic heterocycles. The van der Waals surface area contributed by atoms with E-state index in [-0.39, 0.29) is 37.2 Å². The molecule has 0 radical (unpaired) electrons. The molecule has 1 saturated heterocycles. The standard InChI is InChI=1S/C31H37F2NO6/c1-4-5-27-39-26-14-20-21-13-23(32)22-12-18(35)10-11-28(22,2)30(21,33)24(36)15-29(20,3)31(26,40-27)25(37)16-38-19-8-6-17(34)7-9-19/h6-12,20-21,23-24,26-27,36H,4-5,13-16,34H2,1-3H3/t20-,21-,23-,24-,26?,27?,28-,29-,30-,31+/m0/s1. The van der Waals surface area contributed by atoms with Crippen LogP contribution in [0.15, 0.2) is 48.1 Å². The number of aliphatic hydroxyl groups excluding tert-OH is 1. The van der Waals surface area contributed by atoms with E-state index < -0.39 is 64.4 Å². The van der Waals surface area contributed by atoms with Gasteiger partial charge in [0.15, 0.2) is 23.3 Å². The summed E-state index contributed by atoms with van der Waals surface area (Å²) in [6, 6.07) is 6.68. The van der Waals surface area contributed by atoms with E-state index in [0.717, 1.165) is 6.42 Å². The van der Waals surface area contributed by atoms with Gasteiger partial charge in [-0.2, -0.15) is 0 Å². The lowest BCUT2D eigenvalue weighted by atomic mass is 9.44. The number of nitrogen functional groups attached to an aromatic ring is 1. The van der Waals surface area contributed by atoms with E-state index in [1.165, 1.54) is 18.2 Å². The maximum atomic E-state index is 17.5. The largest absolute Gasteiger partial charge is 0.486 e. The van der Waals surface area contributed by atoms with Gasteiger partial charge in [-0.05, 0) is 80.5 Å². The van der Waals surface area contributed by atoms with Crippen molar-refractivity contribution in [2.24, 2.45) is 22.7 Å². The Labute approximate surface area is 232 Å². The van der Waals surface area contributed by atoms with E-state index in [2.05, 4.69) is 0 Å². The lowest BCUT2D eigenvalue weighted by Gasteiger charge is -2.63. The summed E-state index contributed by atoms with van der Waals surface area (Å²) in [5.74, 6) is -1.72. The summed E-state index contributed by atoms with van der Waals surface area (Å²) in [6.07, 6.45) is 0.779. The SMILES string of the molecule is CCCC1OC2C[C@H]3[C@@H]4C[C@H](F)C5=CC(=O)C=C[C@]5(C)[C@@]4(F)[C@@H](O)C[C@]3(C)[C@]2(C(=O)COc2ccc(N)cc2)O1. The van der Waals surface area contributed by atoms with Gasteiger partial charge in [-0.1, -0.05) is 26.3 Å². The van der Waals surface area contributed by atoms with Crippen molar-refractivity contribution in [1.29, 1.82) is 0 Å². The zero-order valence-corrected chi connectivity index (χ0v) is 23.1. The number of Topliss-reactive ketones (excluding diaryl/α,β-unsaturated/α-hetero) is 1. The molecule has 4 fully saturated rings. The topological polar surface area (TPSA) is 108 Å². The second-order valence-electron chi connectivity index (χ2n) is 12.6. The third kappa shape index (κ3) is 3.50. The highest BCUT2D eigenvalue weighted by atomic mass is 19.1. The number of benzene rings is 1. The minimum Gasteiger partial charge on any atom is -0.486 e. The Morgan fingerprint density at radius 3 is 2.62 bits per heavy atom. The van der Waals surface area contributed by atoms with Crippen LogP contribution in [0, 0.1) is 22.7 Å². The zero-order chi connectivity index (χ0) is 28.7. The van der Waals surface area contributed by atoms with E-state index >= 15 is 8.78 Å². The van der Waals surface area contributed by atoms with Crippen LogP contribution in [0.4, 0.5) is 14.5 Å². The van der Waals surface area contributed by atoms with Crippen molar-refractivity contribution in [3.63, 3.8) is 0 Å². The van der Waals surface area contributed by atoms with Gasteiger partial charge in [-0.25, -0.2) is 8.78 Å². The molecular weight excluding hydrogens is 520 g/mol. The van der Waals surface area contributed by atoms with Crippen molar-refractivity contribution < 1.29 is 37.7 Å². The molecule has 1 aromatic rings. The monoisotopic (exact) mass is 557 g/mol. The van der Waals surface area contributed by atoms with E-state index in [1.54, 1.807) is 31.2 Å². The van der Waals surface area contributed by atoms with Gasteiger partial charge in [0, 0.05) is 22.4 Å². The van der Waals surface area contributed by atoms with Crippen LogP contribution in [0.5, 0.6) is 5.75 Å². The number of allylic oxidation sites excluding steroid dienone is 4. The van der Waals surface area contributed by atoms with Gasteiger partial charge in [0.1, 0.15) is 18.5 Å². The van der Waals surface area contributed by atoms with Crippen molar-refractivity contribution in [2.75, 3.05) is 12.3 Å². The van der Waals surface area contributed by atoms with Gasteiger partial charge in [0.2, 0.25) is 5.78 Å². The molecule has 0 spiro atoms. The fraction of sp³-hybridized carbons (Fsp3) is 0.613. The van der Waals surface area contributed by atoms with E-state index in [4.69, 9.17) is 19.9 Å². The maximum absolute atomic E-state index is 17.5. The quantitative estimate of drug-likeness (QED) is 0.499. The number of fused-ring (bicyclic) bond motifs is 7. The smallest absolute Gasteiger partial charge is 0.205 e. The van der Waals surface area contributed by atoms with Crippen LogP contribution in [0.3, 0.4) is 0 Å². The maximum Gasteiger partial charge on any atom is 0.205 e. The van der Waals surface area contributed by atoms with Gasteiger partial charge in [0.25, 0.3) is 0 Å². The normalized spacial score (nSPS) is 45.2. The molecule has 1 aromatic carbocycles. The summed E-state index contributed by atoms with van der Waals surface area (Å²) in [6.45, 7) is 5.09. The Kier molecular flexibility index (Phi) is 6.33. The molecule has 3 N–H and O–H groups in total. The minimum absolute atomic E-state index is 0.0674. The summed E-state index contributed by atoms with van der Waals surface area (Å²) in [5.41, 5.74) is 0.117. The first-order chi connectivity index (χ1) is 18.9. The molecule has 1 aliphatic heterocycles. The second kappa shape index (κ2) is 9.19. The van der Waals surface area contributed by atoms with Crippen LogP contribution >= 0.6 is 0 Å². The van der Waals surface area contributed by atoms with Crippen LogP contribution in [0.2, 0.25) is 0 Å². The third-order valence-corrected chi connectivity index (χ3v) is 10.6. The van der Waals surface area contributed by atoms with Crippen molar-refractivity contribution in [3.05, 3.63) is 48.1 Å².